The predicted octanol–water partition coefficient (Wildman–Crippen LogP) is 5.04. The Kier molecular flexibility index (Phi) is 9.09. The molecule has 0 saturated carbocycles. The van der Waals surface area contributed by atoms with E-state index in [0.29, 0.717) is 23.7 Å². The van der Waals surface area contributed by atoms with E-state index < -0.39 is 18.0 Å². The van der Waals surface area contributed by atoms with Crippen LogP contribution in [0, 0.1) is 11.3 Å². The quantitative estimate of drug-likeness (QED) is 0.166. The van der Waals surface area contributed by atoms with Gasteiger partial charge < -0.3 is 23.9 Å². The van der Waals surface area contributed by atoms with E-state index in [1.165, 1.54) is 18.4 Å². The number of halogens is 1. The van der Waals surface area contributed by atoms with E-state index in [1.807, 2.05) is 12.1 Å². The van der Waals surface area contributed by atoms with E-state index in [9.17, 15) is 14.9 Å². The molecular weight excluding hydrogens is 516 g/mol. The highest BCUT2D eigenvalue weighted by molar-refractivity contribution is 9.10. The van der Waals surface area contributed by atoms with Crippen molar-refractivity contribution >= 4 is 33.9 Å². The first kappa shape index (κ1) is 25.6. The maximum Gasteiger partial charge on any atom is 0.352 e. The first-order valence-electron chi connectivity index (χ1n) is 10.7. The lowest BCUT2D eigenvalue weighted by Gasteiger charge is -2.16. The number of nitrogens with zero attached hydrogens (tertiary/aromatic N) is 1. The molecule has 0 spiro atoms. The van der Waals surface area contributed by atoms with Gasteiger partial charge in [0.1, 0.15) is 23.2 Å². The van der Waals surface area contributed by atoms with Crippen LogP contribution >= 0.6 is 15.9 Å². The van der Waals surface area contributed by atoms with Crippen LogP contribution in [0.4, 0.5) is 0 Å². The molecule has 35 heavy (non-hydrogen) atoms. The fraction of sp³-hybridized carbons (Fsp3) is 0.192. The van der Waals surface area contributed by atoms with Gasteiger partial charge in [-0.15, -0.1) is 0 Å². The van der Waals surface area contributed by atoms with Gasteiger partial charge in [-0.1, -0.05) is 28.1 Å². The maximum absolute atomic E-state index is 12.6. The first-order valence-corrected chi connectivity index (χ1v) is 11.5. The Hall–Kier alpha value is -4.03. The van der Waals surface area contributed by atoms with Gasteiger partial charge in [0.25, 0.3) is 5.91 Å². The minimum Gasteiger partial charge on any atom is -0.490 e. The van der Waals surface area contributed by atoms with E-state index in [2.05, 4.69) is 21.2 Å². The summed E-state index contributed by atoms with van der Waals surface area (Å²) in [5.41, 5.74) is 0.427. The lowest BCUT2D eigenvalue weighted by atomic mass is 10.1. The summed E-state index contributed by atoms with van der Waals surface area (Å²) in [5.74, 6) is 0.416. The number of carbonyl (C=O) groups excluding carboxylic acids is 2. The van der Waals surface area contributed by atoms with Gasteiger partial charge in [0.05, 0.1) is 19.4 Å². The summed E-state index contributed by atoms with van der Waals surface area (Å²) in [7, 11) is 0. The number of ether oxygens (including phenoxy) is 3. The molecule has 0 aliphatic heterocycles. The van der Waals surface area contributed by atoms with Crippen molar-refractivity contribution in [2.24, 2.45) is 0 Å². The smallest absolute Gasteiger partial charge is 0.352 e. The summed E-state index contributed by atoms with van der Waals surface area (Å²) in [4.78, 5) is 25.0. The number of amides is 1. The molecule has 0 saturated heterocycles. The van der Waals surface area contributed by atoms with E-state index in [4.69, 9.17) is 18.6 Å². The van der Waals surface area contributed by atoms with Gasteiger partial charge in [-0.05, 0) is 68.0 Å². The maximum atomic E-state index is 12.6. The molecule has 8 nitrogen and oxygen atoms in total. The number of nitriles is 1. The van der Waals surface area contributed by atoms with E-state index in [-0.39, 0.29) is 23.6 Å². The molecular formula is C26H23BrN2O6. The molecule has 1 aromatic heterocycles. The van der Waals surface area contributed by atoms with Gasteiger partial charge >= 0.3 is 5.97 Å². The van der Waals surface area contributed by atoms with E-state index >= 15 is 0 Å². The summed E-state index contributed by atoms with van der Waals surface area (Å²) in [6.07, 6.45) is 2.05. The number of benzene rings is 2. The molecule has 1 heterocycles. The highest BCUT2D eigenvalue weighted by Gasteiger charge is 2.20. The van der Waals surface area contributed by atoms with Gasteiger partial charge in [-0.3, -0.25) is 4.79 Å². The summed E-state index contributed by atoms with van der Waals surface area (Å²) < 4.78 is 22.8. The SMILES string of the molecule is CCOc1cc(/C=C(\C#N)C(=O)NCc2ccco2)ccc1OC(=O)C(C)Oc1cccc(Br)c1. The van der Waals surface area contributed by atoms with Crippen molar-refractivity contribution in [3.05, 3.63) is 82.2 Å². The number of carbonyl (C=O) groups is 2. The minimum atomic E-state index is -0.874. The second-order valence-corrected chi connectivity index (χ2v) is 8.13. The van der Waals surface area contributed by atoms with Crippen molar-refractivity contribution < 1.29 is 28.2 Å². The highest BCUT2D eigenvalue weighted by Crippen LogP contribution is 2.30. The fourth-order valence-corrected chi connectivity index (χ4v) is 3.32. The molecule has 1 atom stereocenters. The Morgan fingerprint density at radius 1 is 1.17 bits per heavy atom. The Morgan fingerprint density at radius 3 is 2.69 bits per heavy atom. The largest absolute Gasteiger partial charge is 0.490 e. The summed E-state index contributed by atoms with van der Waals surface area (Å²) in [6, 6.07) is 17.2. The van der Waals surface area contributed by atoms with Gasteiger partial charge in [0.2, 0.25) is 0 Å². The minimum absolute atomic E-state index is 0.0974. The second kappa shape index (κ2) is 12.4. The van der Waals surface area contributed by atoms with Crippen molar-refractivity contribution in [1.82, 2.24) is 5.32 Å². The van der Waals surface area contributed by atoms with Crippen LogP contribution in [-0.2, 0) is 16.1 Å². The van der Waals surface area contributed by atoms with Gasteiger partial charge in [0.15, 0.2) is 17.6 Å². The van der Waals surface area contributed by atoms with Crippen LogP contribution in [0.2, 0.25) is 0 Å². The third-order valence-corrected chi connectivity index (χ3v) is 5.09. The zero-order valence-electron chi connectivity index (χ0n) is 19.1. The Balaban J connectivity index is 1.71. The third-order valence-electron chi connectivity index (χ3n) is 4.60. The van der Waals surface area contributed by atoms with E-state index in [1.54, 1.807) is 56.3 Å². The molecule has 9 heteroatoms. The summed E-state index contributed by atoms with van der Waals surface area (Å²) in [5, 5.41) is 12.1. The van der Waals surface area contributed by atoms with Gasteiger partial charge in [0, 0.05) is 4.47 Å². The molecule has 1 N–H and O–H groups in total. The molecule has 180 valence electrons. The van der Waals surface area contributed by atoms with Crippen LogP contribution in [0.25, 0.3) is 6.08 Å². The monoisotopic (exact) mass is 538 g/mol. The normalized spacial score (nSPS) is 11.8. The van der Waals surface area contributed by atoms with Crippen molar-refractivity contribution in [2.45, 2.75) is 26.5 Å². The number of furan rings is 1. The molecule has 0 aliphatic carbocycles. The zero-order valence-corrected chi connectivity index (χ0v) is 20.7. The Morgan fingerprint density at radius 2 is 2.00 bits per heavy atom. The van der Waals surface area contributed by atoms with Crippen LogP contribution < -0.4 is 19.5 Å². The highest BCUT2D eigenvalue weighted by atomic mass is 79.9. The summed E-state index contributed by atoms with van der Waals surface area (Å²) in [6.45, 7) is 3.85. The van der Waals surface area contributed by atoms with Crippen LogP contribution in [0.15, 0.2) is 75.3 Å². The van der Waals surface area contributed by atoms with Crippen molar-refractivity contribution in [3.63, 3.8) is 0 Å². The van der Waals surface area contributed by atoms with Gasteiger partial charge in [-0.2, -0.15) is 5.26 Å². The summed E-state index contributed by atoms with van der Waals surface area (Å²) >= 11 is 3.36. The number of esters is 1. The molecule has 1 amide bonds. The predicted molar refractivity (Wildman–Crippen MR) is 132 cm³/mol. The number of hydrogen-bond acceptors (Lipinski definition) is 7. The lowest BCUT2D eigenvalue weighted by molar-refractivity contribution is -0.141. The standard InChI is InChI=1S/C26H23BrN2O6/c1-3-32-24-13-18(12-19(15-28)25(30)29-16-22-8-5-11-33-22)9-10-23(24)35-26(31)17(2)34-21-7-4-6-20(27)14-21/h4-14,17H,3,16H2,1-2H3,(H,29,30)/b19-12+. The Bertz CT molecular complexity index is 1250. The molecule has 0 radical (unpaired) electrons. The van der Waals surface area contributed by atoms with Crippen molar-refractivity contribution in [3.8, 4) is 23.3 Å². The molecule has 0 aliphatic rings. The van der Waals surface area contributed by atoms with Crippen LogP contribution in [0.5, 0.6) is 17.2 Å². The lowest BCUT2D eigenvalue weighted by Crippen LogP contribution is -2.28. The first-order chi connectivity index (χ1) is 16.9. The van der Waals surface area contributed by atoms with Gasteiger partial charge in [-0.25, -0.2) is 4.79 Å². The number of nitrogens with one attached hydrogen (secondary N) is 1. The van der Waals surface area contributed by atoms with Crippen LogP contribution in [0.3, 0.4) is 0 Å². The molecule has 3 aromatic rings. The zero-order chi connectivity index (χ0) is 25.2. The molecule has 3 rings (SSSR count). The van der Waals surface area contributed by atoms with E-state index in [0.717, 1.165) is 4.47 Å². The number of hydrogen-bond donors (Lipinski definition) is 1. The number of rotatable bonds is 10. The molecule has 0 bridgehead atoms. The fourth-order valence-electron chi connectivity index (χ4n) is 2.94. The average molecular weight is 539 g/mol. The van der Waals surface area contributed by atoms with Crippen LogP contribution in [-0.4, -0.2) is 24.6 Å². The average Bonchev–Trinajstić information content (AvgIpc) is 3.36. The van der Waals surface area contributed by atoms with Crippen LogP contribution in [0.1, 0.15) is 25.2 Å². The molecule has 2 aromatic carbocycles. The van der Waals surface area contributed by atoms with Crippen molar-refractivity contribution in [1.29, 1.82) is 5.26 Å². The molecule has 1 unspecified atom stereocenters. The second-order valence-electron chi connectivity index (χ2n) is 7.21. The third kappa shape index (κ3) is 7.48. The topological polar surface area (TPSA) is 111 Å². The van der Waals surface area contributed by atoms with Crippen molar-refractivity contribution in [2.75, 3.05) is 6.61 Å². The molecule has 0 fully saturated rings. The Labute approximate surface area is 211 Å².